The van der Waals surface area contributed by atoms with Gasteiger partial charge in [0.2, 0.25) is 11.8 Å². The first kappa shape index (κ1) is 35.2. The number of phenols is 1. The molecule has 2 aliphatic heterocycles. The Balaban J connectivity index is 0.784. The maximum Gasteiger partial charge on any atom is 0.255 e. The molecular weight excluding hydrogens is 658 g/mol. The summed E-state index contributed by atoms with van der Waals surface area (Å²) in [6.45, 7) is 3.54. The van der Waals surface area contributed by atoms with Crippen molar-refractivity contribution in [3.05, 3.63) is 124 Å². The van der Waals surface area contributed by atoms with Crippen LogP contribution in [0.3, 0.4) is 0 Å². The van der Waals surface area contributed by atoms with Gasteiger partial charge < -0.3 is 29.5 Å². The fraction of sp³-hybridized carbons (Fsp3) is 0.357. The van der Waals surface area contributed by atoms with Crippen molar-refractivity contribution < 1.29 is 33.7 Å². The van der Waals surface area contributed by atoms with E-state index in [1.807, 2.05) is 30.3 Å². The highest BCUT2D eigenvalue weighted by atomic mass is 16.5. The number of hydrogen-bond acceptors (Lipinski definition) is 8. The Morgan fingerprint density at radius 1 is 0.769 bits per heavy atom. The van der Waals surface area contributed by atoms with E-state index in [-0.39, 0.29) is 24.2 Å². The second-order valence-corrected chi connectivity index (χ2v) is 13.6. The van der Waals surface area contributed by atoms with E-state index in [1.165, 1.54) is 22.3 Å². The minimum atomic E-state index is -0.613. The standard InChI is InChI=1S/C42H45N3O7/c46-33-11-16-36-30(26-33)9-14-35(28-5-2-1-3-6-28)40(36)29-7-12-34(13-8-29)52-24-23-51-22-21-50-20-4-19-43-32-10-15-37-31(25-32)27-45(42(37)49)38-17-18-39(47)44-41(38)48/h1-3,5-8,10-13,15-16,25-26,35,38,40,43,46H,4,9,14,17-24,27H2,(H,44,47,48)/t35?,38-,40?/m0/s1. The zero-order valence-electron chi connectivity index (χ0n) is 29.2. The van der Waals surface area contributed by atoms with Crippen LogP contribution in [0.5, 0.6) is 11.5 Å². The van der Waals surface area contributed by atoms with Crippen molar-refractivity contribution in [1.29, 1.82) is 0 Å². The van der Waals surface area contributed by atoms with Gasteiger partial charge in [-0.25, -0.2) is 0 Å². The largest absolute Gasteiger partial charge is 0.508 e. The Kier molecular flexibility index (Phi) is 11.1. The minimum Gasteiger partial charge on any atom is -0.508 e. The molecule has 4 aromatic carbocycles. The van der Waals surface area contributed by atoms with Crippen LogP contribution in [-0.2, 0) is 32.0 Å². The Bertz CT molecular complexity index is 1880. The molecular formula is C42H45N3O7. The number of rotatable bonds is 15. The van der Waals surface area contributed by atoms with Crippen LogP contribution in [0.15, 0.2) is 91.0 Å². The molecule has 3 aliphatic rings. The summed E-state index contributed by atoms with van der Waals surface area (Å²) in [6.07, 6.45) is 3.37. The lowest BCUT2D eigenvalue weighted by Gasteiger charge is -2.34. The lowest BCUT2D eigenvalue weighted by molar-refractivity contribution is -0.136. The number of phenolic OH excluding ortho intramolecular Hbond substituents is 1. The van der Waals surface area contributed by atoms with Crippen molar-refractivity contribution >= 4 is 23.4 Å². The van der Waals surface area contributed by atoms with Crippen molar-refractivity contribution in [3.8, 4) is 11.5 Å². The highest BCUT2D eigenvalue weighted by Gasteiger charge is 2.39. The number of nitrogens with one attached hydrogen (secondary N) is 2. The van der Waals surface area contributed by atoms with E-state index in [0.717, 1.165) is 36.3 Å². The average molecular weight is 704 g/mol. The van der Waals surface area contributed by atoms with E-state index >= 15 is 0 Å². The van der Waals surface area contributed by atoms with Crippen LogP contribution in [0.2, 0.25) is 0 Å². The summed E-state index contributed by atoms with van der Waals surface area (Å²) in [5.41, 5.74) is 7.44. The number of aromatic hydroxyl groups is 1. The Labute approximate surface area is 304 Å². The summed E-state index contributed by atoms with van der Waals surface area (Å²) in [7, 11) is 0. The van der Waals surface area contributed by atoms with Gasteiger partial charge >= 0.3 is 0 Å². The molecule has 7 rings (SSSR count). The molecule has 3 N–H and O–H groups in total. The number of anilines is 1. The van der Waals surface area contributed by atoms with E-state index in [2.05, 4.69) is 59.2 Å². The lowest BCUT2D eigenvalue weighted by atomic mass is 9.69. The summed E-state index contributed by atoms with van der Waals surface area (Å²) >= 11 is 0. The molecule has 10 nitrogen and oxygen atoms in total. The van der Waals surface area contributed by atoms with Crippen molar-refractivity contribution in [2.24, 2.45) is 0 Å². The van der Waals surface area contributed by atoms with Gasteiger partial charge in [0, 0.05) is 43.3 Å². The molecule has 1 saturated heterocycles. The summed E-state index contributed by atoms with van der Waals surface area (Å²) in [5.74, 6) is 0.810. The van der Waals surface area contributed by atoms with Gasteiger partial charge in [-0.2, -0.15) is 0 Å². The van der Waals surface area contributed by atoms with Crippen LogP contribution in [0.1, 0.15) is 75.7 Å². The predicted molar refractivity (Wildman–Crippen MR) is 197 cm³/mol. The first-order valence-corrected chi connectivity index (χ1v) is 18.2. The normalized spacial score (nSPS) is 19.6. The average Bonchev–Trinajstić information content (AvgIpc) is 3.48. The number of benzene rings is 4. The van der Waals surface area contributed by atoms with Gasteiger partial charge in [0.25, 0.3) is 5.91 Å². The fourth-order valence-electron chi connectivity index (χ4n) is 7.68. The molecule has 1 aliphatic carbocycles. The van der Waals surface area contributed by atoms with Crippen LogP contribution < -0.4 is 15.4 Å². The van der Waals surface area contributed by atoms with Gasteiger partial charge in [0.05, 0.1) is 19.8 Å². The number of aryl methyl sites for hydroxylation is 1. The topological polar surface area (TPSA) is 126 Å². The predicted octanol–water partition coefficient (Wildman–Crippen LogP) is 5.93. The molecule has 1 fully saturated rings. The third-order valence-electron chi connectivity index (χ3n) is 10.2. The number of imide groups is 1. The highest BCUT2D eigenvalue weighted by molar-refractivity contribution is 6.05. The maximum atomic E-state index is 12.9. The van der Waals surface area contributed by atoms with E-state index in [4.69, 9.17) is 14.2 Å². The number of ether oxygens (including phenoxy) is 3. The SMILES string of the molecule is O=C1CC[C@H](N2Cc3cc(NCCCOCCOCCOc4ccc(C5c6ccc(O)cc6CCC5c5ccccc5)cc4)ccc3C2=O)C(=O)N1. The second-order valence-electron chi connectivity index (χ2n) is 13.6. The molecule has 3 atom stereocenters. The van der Waals surface area contributed by atoms with Crippen molar-refractivity contribution in [2.75, 3.05) is 44.9 Å². The Hall–Kier alpha value is -5.19. The van der Waals surface area contributed by atoms with E-state index in [0.29, 0.717) is 69.8 Å². The van der Waals surface area contributed by atoms with Crippen molar-refractivity contribution in [2.45, 2.75) is 56.5 Å². The third kappa shape index (κ3) is 8.14. The Morgan fingerprint density at radius 3 is 2.37 bits per heavy atom. The zero-order valence-corrected chi connectivity index (χ0v) is 29.2. The number of amides is 3. The summed E-state index contributed by atoms with van der Waals surface area (Å²) in [6, 6.07) is 29.9. The molecule has 0 saturated carbocycles. The van der Waals surface area contributed by atoms with E-state index in [9.17, 15) is 19.5 Å². The van der Waals surface area contributed by atoms with Crippen LogP contribution in [0.25, 0.3) is 0 Å². The molecule has 0 spiro atoms. The highest BCUT2D eigenvalue weighted by Crippen LogP contribution is 2.47. The minimum absolute atomic E-state index is 0.172. The molecule has 4 aromatic rings. The molecule has 2 unspecified atom stereocenters. The number of carbonyl (C=O) groups is 3. The van der Waals surface area contributed by atoms with Gasteiger partial charge in [0.1, 0.15) is 24.1 Å². The number of hydrogen-bond donors (Lipinski definition) is 3. The van der Waals surface area contributed by atoms with Gasteiger partial charge in [-0.15, -0.1) is 0 Å². The molecule has 3 amide bonds. The Morgan fingerprint density at radius 2 is 1.56 bits per heavy atom. The lowest BCUT2D eigenvalue weighted by Crippen LogP contribution is -2.52. The number of piperidine rings is 1. The van der Waals surface area contributed by atoms with Crippen LogP contribution in [-0.4, -0.2) is 73.3 Å². The maximum absolute atomic E-state index is 12.9. The monoisotopic (exact) mass is 703 g/mol. The molecule has 0 aromatic heterocycles. The van der Waals surface area contributed by atoms with Crippen LogP contribution in [0.4, 0.5) is 5.69 Å². The van der Waals surface area contributed by atoms with Crippen molar-refractivity contribution in [1.82, 2.24) is 10.2 Å². The summed E-state index contributed by atoms with van der Waals surface area (Å²) < 4.78 is 17.4. The van der Waals surface area contributed by atoms with Gasteiger partial charge in [0.15, 0.2) is 0 Å². The molecule has 52 heavy (non-hydrogen) atoms. The smallest absolute Gasteiger partial charge is 0.255 e. The third-order valence-corrected chi connectivity index (χ3v) is 10.2. The second kappa shape index (κ2) is 16.4. The molecule has 0 bridgehead atoms. The number of fused-ring (bicyclic) bond motifs is 2. The van der Waals surface area contributed by atoms with E-state index < -0.39 is 11.9 Å². The molecule has 2 heterocycles. The zero-order chi connectivity index (χ0) is 35.9. The molecule has 0 radical (unpaired) electrons. The van der Waals surface area contributed by atoms with Gasteiger partial charge in [-0.1, -0.05) is 48.5 Å². The first-order chi connectivity index (χ1) is 25.4. The first-order valence-electron chi connectivity index (χ1n) is 18.2. The quantitative estimate of drug-likeness (QED) is 0.103. The van der Waals surface area contributed by atoms with Gasteiger partial charge in [-0.3, -0.25) is 19.7 Å². The fourth-order valence-corrected chi connectivity index (χ4v) is 7.68. The molecule has 270 valence electrons. The van der Waals surface area contributed by atoms with Crippen molar-refractivity contribution in [3.63, 3.8) is 0 Å². The number of carbonyl (C=O) groups excluding carboxylic acids is 3. The number of nitrogens with zero attached hydrogens (tertiary/aromatic N) is 1. The van der Waals surface area contributed by atoms with Crippen LogP contribution in [0, 0.1) is 0 Å². The summed E-state index contributed by atoms with van der Waals surface area (Å²) in [5, 5.41) is 15.8. The molecule has 10 heteroatoms. The van der Waals surface area contributed by atoms with Gasteiger partial charge in [-0.05, 0) is 102 Å². The summed E-state index contributed by atoms with van der Waals surface area (Å²) in [4.78, 5) is 38.2. The van der Waals surface area contributed by atoms with Crippen LogP contribution >= 0.6 is 0 Å². The van der Waals surface area contributed by atoms with E-state index in [1.54, 1.807) is 17.0 Å².